The van der Waals surface area contributed by atoms with Crippen LogP contribution in [-0.2, 0) is 14.9 Å². The quantitative estimate of drug-likeness (QED) is 0.650. The molecule has 1 N–H and O–H groups in total. The van der Waals surface area contributed by atoms with Crippen molar-refractivity contribution in [1.82, 2.24) is 10.2 Å². The number of likely N-dealkylation sites (tertiary alicyclic amines) is 1. The van der Waals surface area contributed by atoms with Crippen molar-refractivity contribution in [3.05, 3.63) is 59.4 Å². The first-order valence-corrected chi connectivity index (χ1v) is 12.1. The second-order valence-electron chi connectivity index (χ2n) is 9.29. The Bertz CT molecular complexity index is 1020. The van der Waals surface area contributed by atoms with Gasteiger partial charge < -0.3 is 24.4 Å². The first kappa shape index (κ1) is 25.0. The van der Waals surface area contributed by atoms with E-state index in [9.17, 15) is 14.0 Å². The first-order chi connectivity index (χ1) is 16.9. The minimum Gasteiger partial charge on any atom is -0.497 e. The summed E-state index contributed by atoms with van der Waals surface area (Å²) in [5, 5.41) is 3.13. The maximum atomic E-state index is 13.9. The number of piperidine rings is 1. The lowest BCUT2D eigenvalue weighted by atomic mass is 9.74. The second-order valence-corrected chi connectivity index (χ2v) is 9.29. The molecule has 2 fully saturated rings. The van der Waals surface area contributed by atoms with E-state index < -0.39 is 0 Å². The van der Waals surface area contributed by atoms with E-state index in [0.717, 1.165) is 18.4 Å². The molecule has 4 rings (SSSR count). The van der Waals surface area contributed by atoms with Crippen molar-refractivity contribution in [3.63, 3.8) is 0 Å². The van der Waals surface area contributed by atoms with Crippen molar-refractivity contribution in [2.75, 3.05) is 47.1 Å². The van der Waals surface area contributed by atoms with E-state index in [4.69, 9.17) is 14.2 Å². The lowest BCUT2D eigenvalue weighted by molar-refractivity contribution is -0.126. The van der Waals surface area contributed by atoms with Gasteiger partial charge in [0.25, 0.3) is 5.91 Å². The zero-order chi connectivity index (χ0) is 24.8. The molecule has 0 aromatic heterocycles. The van der Waals surface area contributed by atoms with Crippen LogP contribution in [0.15, 0.2) is 42.5 Å². The predicted molar refractivity (Wildman–Crippen MR) is 129 cm³/mol. The smallest absolute Gasteiger partial charge is 0.254 e. The molecule has 0 radical (unpaired) electrons. The van der Waals surface area contributed by atoms with Crippen LogP contribution in [0.5, 0.6) is 11.5 Å². The summed E-state index contributed by atoms with van der Waals surface area (Å²) in [5.74, 6) is 0.564. The number of nitrogens with zero attached hydrogens (tertiary/aromatic N) is 1. The van der Waals surface area contributed by atoms with Gasteiger partial charge in [0.15, 0.2) is 0 Å². The van der Waals surface area contributed by atoms with Gasteiger partial charge in [0.05, 0.1) is 14.2 Å². The number of nitrogens with one attached hydrogen (secondary N) is 1. The highest BCUT2D eigenvalue weighted by molar-refractivity contribution is 5.95. The van der Waals surface area contributed by atoms with Crippen LogP contribution >= 0.6 is 0 Å². The highest BCUT2D eigenvalue weighted by atomic mass is 19.1. The number of benzene rings is 2. The summed E-state index contributed by atoms with van der Waals surface area (Å²) >= 11 is 0. The van der Waals surface area contributed by atoms with Crippen LogP contribution in [0, 0.1) is 11.7 Å². The molecule has 7 nitrogen and oxygen atoms in total. The van der Waals surface area contributed by atoms with Crippen molar-refractivity contribution in [1.29, 1.82) is 0 Å². The van der Waals surface area contributed by atoms with Crippen LogP contribution in [0.3, 0.4) is 0 Å². The molecule has 2 amide bonds. The van der Waals surface area contributed by atoms with Gasteiger partial charge in [-0.1, -0.05) is 12.1 Å². The molecule has 2 heterocycles. The summed E-state index contributed by atoms with van der Waals surface area (Å²) in [4.78, 5) is 27.9. The van der Waals surface area contributed by atoms with E-state index in [2.05, 4.69) is 5.32 Å². The van der Waals surface area contributed by atoms with Gasteiger partial charge in [-0.2, -0.15) is 0 Å². The lowest BCUT2D eigenvalue weighted by Crippen LogP contribution is -2.48. The lowest BCUT2D eigenvalue weighted by Gasteiger charge is -2.38. The number of methoxy groups -OCH3 is 2. The Labute approximate surface area is 205 Å². The average molecular weight is 485 g/mol. The molecule has 35 heavy (non-hydrogen) atoms. The normalized spacial score (nSPS) is 18.1. The van der Waals surface area contributed by atoms with Crippen LogP contribution in [0.4, 0.5) is 4.39 Å². The number of amides is 2. The van der Waals surface area contributed by atoms with Crippen LogP contribution in [0.25, 0.3) is 0 Å². The fourth-order valence-electron chi connectivity index (χ4n) is 5.01. The fraction of sp³-hybridized carbons (Fsp3) is 0.481. The van der Waals surface area contributed by atoms with Crippen LogP contribution < -0.4 is 14.8 Å². The van der Waals surface area contributed by atoms with E-state index in [0.29, 0.717) is 62.8 Å². The van der Waals surface area contributed by atoms with Gasteiger partial charge in [0.1, 0.15) is 17.3 Å². The zero-order valence-electron chi connectivity index (χ0n) is 20.3. The maximum Gasteiger partial charge on any atom is 0.254 e. The van der Waals surface area contributed by atoms with Crippen LogP contribution in [0.1, 0.15) is 41.6 Å². The van der Waals surface area contributed by atoms with Gasteiger partial charge >= 0.3 is 0 Å². The Morgan fingerprint density at radius 3 is 2.31 bits per heavy atom. The summed E-state index contributed by atoms with van der Waals surface area (Å²) < 4.78 is 30.0. The summed E-state index contributed by atoms with van der Waals surface area (Å²) in [5.41, 5.74) is 1.06. The number of rotatable bonds is 7. The SMILES string of the molecule is COc1cc(OC)cc(C(=O)N2CCC(C(=O)NCC3(c4cccc(F)c4)CCOCC3)CC2)c1. The Morgan fingerprint density at radius 1 is 1.06 bits per heavy atom. The van der Waals surface area contributed by atoms with Crippen molar-refractivity contribution < 1.29 is 28.2 Å². The van der Waals surface area contributed by atoms with Gasteiger partial charge in [0.2, 0.25) is 5.91 Å². The molecule has 0 saturated carbocycles. The minimum absolute atomic E-state index is 0.0116. The van der Waals surface area contributed by atoms with Gasteiger partial charge in [0, 0.05) is 55.8 Å². The molecular weight excluding hydrogens is 451 g/mol. The second kappa shape index (κ2) is 11.1. The molecule has 2 aromatic rings. The van der Waals surface area contributed by atoms with Gasteiger partial charge in [-0.25, -0.2) is 4.39 Å². The summed E-state index contributed by atoms with van der Waals surface area (Å²) in [6.07, 6.45) is 2.64. The number of carbonyl (C=O) groups excluding carboxylic acids is 2. The summed E-state index contributed by atoms with van der Waals surface area (Å²) in [6.45, 7) is 2.62. The van der Waals surface area contributed by atoms with Crippen LogP contribution in [-0.4, -0.2) is 63.8 Å². The number of hydrogen-bond acceptors (Lipinski definition) is 5. The molecular formula is C27H33FN2O5. The fourth-order valence-corrected chi connectivity index (χ4v) is 5.01. The zero-order valence-corrected chi connectivity index (χ0v) is 20.3. The molecule has 2 aliphatic rings. The highest BCUT2D eigenvalue weighted by Crippen LogP contribution is 2.35. The van der Waals surface area contributed by atoms with E-state index in [-0.39, 0.29) is 29.0 Å². The van der Waals surface area contributed by atoms with Gasteiger partial charge in [-0.05, 0) is 55.5 Å². The Hall–Kier alpha value is -3.13. The molecule has 0 bridgehead atoms. The van der Waals surface area contributed by atoms with E-state index >= 15 is 0 Å². The molecule has 2 saturated heterocycles. The average Bonchev–Trinajstić information content (AvgIpc) is 2.91. The van der Waals surface area contributed by atoms with Crippen molar-refractivity contribution in [2.45, 2.75) is 31.1 Å². The molecule has 0 spiro atoms. The maximum absolute atomic E-state index is 13.9. The standard InChI is InChI=1S/C27H33FN2O5/c1-33-23-14-20(15-24(17-23)34-2)26(32)30-10-6-19(7-11-30)25(31)29-18-27(8-12-35-13-9-27)21-4-3-5-22(28)16-21/h3-5,14-17,19H,6-13,18H2,1-2H3,(H,29,31). The summed E-state index contributed by atoms with van der Waals surface area (Å²) in [7, 11) is 3.10. The number of hydrogen-bond donors (Lipinski definition) is 1. The third-order valence-corrected chi connectivity index (χ3v) is 7.24. The Kier molecular flexibility index (Phi) is 7.90. The number of carbonyl (C=O) groups is 2. The molecule has 188 valence electrons. The molecule has 0 aliphatic carbocycles. The highest BCUT2D eigenvalue weighted by Gasteiger charge is 2.36. The number of halogens is 1. The van der Waals surface area contributed by atoms with E-state index in [1.54, 1.807) is 49.5 Å². The van der Waals surface area contributed by atoms with Gasteiger partial charge in [-0.15, -0.1) is 0 Å². The van der Waals surface area contributed by atoms with Crippen molar-refractivity contribution in [2.24, 2.45) is 5.92 Å². The molecule has 2 aromatic carbocycles. The summed E-state index contributed by atoms with van der Waals surface area (Å²) in [6, 6.07) is 11.8. The van der Waals surface area contributed by atoms with E-state index in [1.807, 2.05) is 6.07 Å². The minimum atomic E-state index is -0.335. The molecule has 0 unspecified atom stereocenters. The number of ether oxygens (including phenoxy) is 3. The van der Waals surface area contributed by atoms with E-state index in [1.165, 1.54) is 6.07 Å². The predicted octanol–water partition coefficient (Wildman–Crippen LogP) is 3.56. The van der Waals surface area contributed by atoms with Crippen LogP contribution in [0.2, 0.25) is 0 Å². The van der Waals surface area contributed by atoms with Gasteiger partial charge in [-0.3, -0.25) is 9.59 Å². The Morgan fingerprint density at radius 2 is 1.71 bits per heavy atom. The molecule has 8 heteroatoms. The first-order valence-electron chi connectivity index (χ1n) is 12.1. The largest absolute Gasteiger partial charge is 0.497 e. The van der Waals surface area contributed by atoms with Crippen molar-refractivity contribution >= 4 is 11.8 Å². The Balaban J connectivity index is 1.35. The topological polar surface area (TPSA) is 77.1 Å². The third-order valence-electron chi connectivity index (χ3n) is 7.24. The molecule has 0 atom stereocenters. The third kappa shape index (κ3) is 5.75. The monoisotopic (exact) mass is 484 g/mol. The molecule has 2 aliphatic heterocycles. The van der Waals surface area contributed by atoms with Crippen molar-refractivity contribution in [3.8, 4) is 11.5 Å².